The average molecular weight is 205 g/mol. The van der Waals surface area contributed by atoms with E-state index in [4.69, 9.17) is 0 Å². The molecule has 0 aromatic carbocycles. The quantitative estimate of drug-likeness (QED) is 0.698. The molecule has 0 saturated heterocycles. The van der Waals surface area contributed by atoms with Crippen LogP contribution in [-0.4, -0.2) is 22.0 Å². The van der Waals surface area contributed by atoms with E-state index in [9.17, 15) is 13.2 Å². The van der Waals surface area contributed by atoms with Crippen LogP contribution in [0.4, 0.5) is 18.9 Å². The Morgan fingerprint density at radius 1 is 1.57 bits per heavy atom. The minimum absolute atomic E-state index is 0.0794. The number of anilines is 1. The predicted molar refractivity (Wildman–Crippen MR) is 45.0 cm³/mol. The molecular formula is C8H10F3N3. The van der Waals surface area contributed by atoms with Crippen molar-refractivity contribution in [1.82, 2.24) is 9.78 Å². The van der Waals surface area contributed by atoms with Gasteiger partial charge in [-0.3, -0.25) is 4.68 Å². The zero-order chi connectivity index (χ0) is 10.3. The van der Waals surface area contributed by atoms with Gasteiger partial charge in [0.15, 0.2) is 0 Å². The predicted octanol–water partition coefficient (Wildman–Crippen LogP) is 1.71. The SMILES string of the molecule is Cn1ncc2c1CCC(C(F)(F)F)N2. The molecule has 1 aromatic heterocycles. The number of halogens is 3. The molecule has 3 nitrogen and oxygen atoms in total. The van der Waals surface area contributed by atoms with Crippen LogP contribution in [0, 0.1) is 0 Å². The fourth-order valence-electron chi connectivity index (χ4n) is 1.67. The largest absolute Gasteiger partial charge is 0.408 e. The van der Waals surface area contributed by atoms with Gasteiger partial charge in [0.05, 0.1) is 17.6 Å². The molecule has 6 heteroatoms. The topological polar surface area (TPSA) is 29.9 Å². The number of alkyl halides is 3. The minimum Gasteiger partial charge on any atom is -0.371 e. The Morgan fingerprint density at radius 2 is 2.29 bits per heavy atom. The summed E-state index contributed by atoms with van der Waals surface area (Å²) in [6.07, 6.45) is -2.24. The maximum absolute atomic E-state index is 12.4. The summed E-state index contributed by atoms with van der Waals surface area (Å²) in [5.41, 5.74) is 1.34. The standard InChI is InChI=1S/C8H10F3N3/c1-14-6-2-3-7(8(9,10)11)13-5(6)4-12-14/h4,7,13H,2-3H2,1H3. The third kappa shape index (κ3) is 1.44. The van der Waals surface area contributed by atoms with Crippen molar-refractivity contribution in [3.63, 3.8) is 0 Å². The van der Waals surface area contributed by atoms with E-state index in [2.05, 4.69) is 10.4 Å². The first-order chi connectivity index (χ1) is 6.48. The van der Waals surface area contributed by atoms with Crippen LogP contribution >= 0.6 is 0 Å². The van der Waals surface area contributed by atoms with Crippen LogP contribution in [-0.2, 0) is 13.5 Å². The van der Waals surface area contributed by atoms with E-state index in [0.717, 1.165) is 5.69 Å². The Labute approximate surface area is 78.9 Å². The van der Waals surface area contributed by atoms with Crippen molar-refractivity contribution in [1.29, 1.82) is 0 Å². The number of aryl methyl sites for hydroxylation is 1. The van der Waals surface area contributed by atoms with E-state index < -0.39 is 12.2 Å². The van der Waals surface area contributed by atoms with Gasteiger partial charge in [-0.25, -0.2) is 0 Å². The zero-order valence-electron chi connectivity index (χ0n) is 7.60. The van der Waals surface area contributed by atoms with Gasteiger partial charge in [0.1, 0.15) is 6.04 Å². The molecule has 78 valence electrons. The number of nitrogens with zero attached hydrogens (tertiary/aromatic N) is 2. The first-order valence-corrected chi connectivity index (χ1v) is 4.32. The van der Waals surface area contributed by atoms with Crippen molar-refractivity contribution in [3.8, 4) is 0 Å². The summed E-state index contributed by atoms with van der Waals surface area (Å²) < 4.78 is 38.7. The molecule has 0 radical (unpaired) electrons. The summed E-state index contributed by atoms with van der Waals surface area (Å²) in [4.78, 5) is 0. The molecule has 1 unspecified atom stereocenters. The van der Waals surface area contributed by atoms with Gasteiger partial charge in [0.25, 0.3) is 0 Å². The van der Waals surface area contributed by atoms with Crippen molar-refractivity contribution in [2.75, 3.05) is 5.32 Å². The highest BCUT2D eigenvalue weighted by atomic mass is 19.4. The van der Waals surface area contributed by atoms with Crippen molar-refractivity contribution in [2.24, 2.45) is 7.05 Å². The van der Waals surface area contributed by atoms with Gasteiger partial charge in [0, 0.05) is 7.05 Å². The monoisotopic (exact) mass is 205 g/mol. The van der Waals surface area contributed by atoms with Crippen molar-refractivity contribution in [2.45, 2.75) is 25.1 Å². The summed E-state index contributed by atoms with van der Waals surface area (Å²) in [5, 5.41) is 6.35. The van der Waals surface area contributed by atoms with Crippen molar-refractivity contribution >= 4 is 5.69 Å². The molecule has 1 aliphatic heterocycles. The highest BCUT2D eigenvalue weighted by molar-refractivity contribution is 5.49. The highest BCUT2D eigenvalue weighted by Gasteiger charge is 2.41. The molecule has 0 aliphatic carbocycles. The Kier molecular flexibility index (Phi) is 1.94. The van der Waals surface area contributed by atoms with Gasteiger partial charge in [-0.15, -0.1) is 0 Å². The van der Waals surface area contributed by atoms with Crippen LogP contribution in [0.1, 0.15) is 12.1 Å². The Morgan fingerprint density at radius 3 is 2.93 bits per heavy atom. The fourth-order valence-corrected chi connectivity index (χ4v) is 1.67. The van der Waals surface area contributed by atoms with Crippen molar-refractivity contribution < 1.29 is 13.2 Å². The van der Waals surface area contributed by atoms with Crippen LogP contribution in [0.2, 0.25) is 0 Å². The summed E-state index contributed by atoms with van der Waals surface area (Å²) in [7, 11) is 1.73. The normalized spacial score (nSPS) is 21.6. The molecule has 0 fully saturated rings. The van der Waals surface area contributed by atoms with Crippen LogP contribution < -0.4 is 5.32 Å². The lowest BCUT2D eigenvalue weighted by molar-refractivity contribution is -0.144. The second-order valence-corrected chi connectivity index (χ2v) is 3.41. The number of nitrogens with one attached hydrogen (secondary N) is 1. The Hall–Kier alpha value is -1.20. The summed E-state index contributed by atoms with van der Waals surface area (Å²) in [6.45, 7) is 0. The molecule has 1 N–H and O–H groups in total. The second kappa shape index (κ2) is 2.90. The zero-order valence-corrected chi connectivity index (χ0v) is 7.60. The number of hydrogen-bond donors (Lipinski definition) is 1. The first-order valence-electron chi connectivity index (χ1n) is 4.32. The molecule has 0 amide bonds. The molecule has 0 spiro atoms. The van der Waals surface area contributed by atoms with E-state index in [-0.39, 0.29) is 6.42 Å². The lowest BCUT2D eigenvalue weighted by Gasteiger charge is -2.26. The summed E-state index contributed by atoms with van der Waals surface area (Å²) in [6, 6.07) is -1.43. The number of hydrogen-bond acceptors (Lipinski definition) is 2. The van der Waals surface area contributed by atoms with E-state index in [1.807, 2.05) is 0 Å². The molecule has 14 heavy (non-hydrogen) atoms. The molecule has 1 aromatic rings. The van der Waals surface area contributed by atoms with E-state index in [1.165, 1.54) is 6.20 Å². The number of fused-ring (bicyclic) bond motifs is 1. The molecule has 2 rings (SSSR count). The summed E-state index contributed by atoms with van der Waals surface area (Å²) in [5.74, 6) is 0. The van der Waals surface area contributed by atoms with Gasteiger partial charge >= 0.3 is 6.18 Å². The molecule has 0 saturated carbocycles. The number of aromatic nitrogens is 2. The van der Waals surface area contributed by atoms with Gasteiger partial charge in [0.2, 0.25) is 0 Å². The minimum atomic E-state index is -4.17. The highest BCUT2D eigenvalue weighted by Crippen LogP contribution is 2.32. The third-order valence-electron chi connectivity index (χ3n) is 2.46. The molecular weight excluding hydrogens is 195 g/mol. The van der Waals surface area contributed by atoms with Crippen LogP contribution in [0.5, 0.6) is 0 Å². The first kappa shape index (κ1) is 9.36. The van der Waals surface area contributed by atoms with Gasteiger partial charge in [-0.1, -0.05) is 0 Å². The molecule has 1 aliphatic rings. The average Bonchev–Trinajstić information content (AvgIpc) is 2.46. The van der Waals surface area contributed by atoms with E-state index in [0.29, 0.717) is 12.1 Å². The maximum atomic E-state index is 12.4. The van der Waals surface area contributed by atoms with Crippen LogP contribution in [0.3, 0.4) is 0 Å². The third-order valence-corrected chi connectivity index (χ3v) is 2.46. The smallest absolute Gasteiger partial charge is 0.371 e. The van der Waals surface area contributed by atoms with Gasteiger partial charge in [-0.05, 0) is 12.8 Å². The van der Waals surface area contributed by atoms with Gasteiger partial charge < -0.3 is 5.32 Å². The fraction of sp³-hybridized carbons (Fsp3) is 0.625. The molecule has 0 bridgehead atoms. The van der Waals surface area contributed by atoms with Gasteiger partial charge in [-0.2, -0.15) is 18.3 Å². The van der Waals surface area contributed by atoms with Crippen LogP contribution in [0.25, 0.3) is 0 Å². The maximum Gasteiger partial charge on any atom is 0.408 e. The summed E-state index contributed by atoms with van der Waals surface area (Å²) >= 11 is 0. The Balaban J connectivity index is 2.22. The van der Waals surface area contributed by atoms with Crippen LogP contribution in [0.15, 0.2) is 6.20 Å². The lowest BCUT2D eigenvalue weighted by atomic mass is 10.0. The Bertz CT molecular complexity index is 342. The van der Waals surface area contributed by atoms with E-state index in [1.54, 1.807) is 11.7 Å². The number of rotatable bonds is 0. The van der Waals surface area contributed by atoms with E-state index >= 15 is 0 Å². The second-order valence-electron chi connectivity index (χ2n) is 3.41. The molecule has 1 atom stereocenters. The van der Waals surface area contributed by atoms with Crippen molar-refractivity contribution in [3.05, 3.63) is 11.9 Å². The molecule has 2 heterocycles. The lowest BCUT2D eigenvalue weighted by Crippen LogP contribution is -2.39.